The number of phenolic OH excluding ortho intramolecular Hbond substituents is 1. The lowest BCUT2D eigenvalue weighted by Gasteiger charge is -2.16. The van der Waals surface area contributed by atoms with Crippen molar-refractivity contribution in [3.05, 3.63) is 65.9 Å². The SMILES string of the molecule is CN1C(=O)SC(=O)C1c1cn(Cc2ccc(O)cc2)c2ccccc12. The van der Waals surface area contributed by atoms with E-state index in [2.05, 4.69) is 4.57 Å². The van der Waals surface area contributed by atoms with Crippen LogP contribution in [0.3, 0.4) is 0 Å². The van der Waals surface area contributed by atoms with Gasteiger partial charge in [-0.25, -0.2) is 0 Å². The lowest BCUT2D eigenvalue weighted by Crippen LogP contribution is -2.23. The first kappa shape index (κ1) is 15.8. The van der Waals surface area contributed by atoms with E-state index in [1.807, 2.05) is 42.6 Å². The summed E-state index contributed by atoms with van der Waals surface area (Å²) in [7, 11) is 1.66. The Morgan fingerprint density at radius 2 is 1.80 bits per heavy atom. The van der Waals surface area contributed by atoms with Crippen molar-refractivity contribution in [2.24, 2.45) is 0 Å². The van der Waals surface area contributed by atoms with Gasteiger partial charge in [0.1, 0.15) is 11.8 Å². The monoisotopic (exact) mass is 352 g/mol. The molecule has 4 rings (SSSR count). The fourth-order valence-corrected chi connectivity index (χ4v) is 4.05. The van der Waals surface area contributed by atoms with Crippen LogP contribution in [0.4, 0.5) is 4.79 Å². The zero-order valence-electron chi connectivity index (χ0n) is 13.5. The van der Waals surface area contributed by atoms with Gasteiger partial charge in [0, 0.05) is 48.0 Å². The molecule has 6 heteroatoms. The smallest absolute Gasteiger partial charge is 0.289 e. The Hall–Kier alpha value is -2.73. The average molecular weight is 352 g/mol. The Bertz CT molecular complexity index is 978. The summed E-state index contributed by atoms with van der Waals surface area (Å²) in [5.74, 6) is 0.232. The molecule has 1 unspecified atom stereocenters. The number of benzene rings is 2. The molecule has 0 saturated carbocycles. The van der Waals surface area contributed by atoms with E-state index in [0.717, 1.165) is 33.8 Å². The minimum absolute atomic E-state index is 0.139. The number of hydrogen-bond donors (Lipinski definition) is 1. The lowest BCUT2D eigenvalue weighted by molar-refractivity contribution is -0.113. The first-order chi connectivity index (χ1) is 12.0. The fourth-order valence-electron chi connectivity index (χ4n) is 3.23. The van der Waals surface area contributed by atoms with Crippen molar-refractivity contribution in [1.82, 2.24) is 9.47 Å². The molecule has 1 atom stereocenters. The number of carbonyl (C=O) groups is 2. The quantitative estimate of drug-likeness (QED) is 0.779. The molecule has 25 heavy (non-hydrogen) atoms. The Labute approximate surface area is 148 Å². The highest BCUT2D eigenvalue weighted by Crippen LogP contribution is 2.39. The zero-order chi connectivity index (χ0) is 17.6. The molecule has 0 radical (unpaired) electrons. The van der Waals surface area contributed by atoms with Crippen molar-refractivity contribution in [3.63, 3.8) is 0 Å². The van der Waals surface area contributed by atoms with Gasteiger partial charge in [-0.2, -0.15) is 0 Å². The van der Waals surface area contributed by atoms with Gasteiger partial charge in [0.2, 0.25) is 5.12 Å². The fraction of sp³-hybridized carbons (Fsp3) is 0.158. The van der Waals surface area contributed by atoms with Crippen molar-refractivity contribution >= 4 is 33.0 Å². The minimum Gasteiger partial charge on any atom is -0.508 e. The third kappa shape index (κ3) is 2.68. The highest BCUT2D eigenvalue weighted by molar-refractivity contribution is 8.26. The summed E-state index contributed by atoms with van der Waals surface area (Å²) >= 11 is 0.766. The maximum atomic E-state index is 12.3. The van der Waals surface area contributed by atoms with Crippen LogP contribution in [0.5, 0.6) is 5.75 Å². The second kappa shape index (κ2) is 5.97. The number of para-hydroxylation sites is 1. The molecule has 3 aromatic rings. The summed E-state index contributed by atoms with van der Waals surface area (Å²) in [6.07, 6.45) is 1.95. The first-order valence-corrected chi connectivity index (χ1v) is 8.70. The second-order valence-corrected chi connectivity index (χ2v) is 7.05. The van der Waals surface area contributed by atoms with Gasteiger partial charge in [-0.05, 0) is 23.8 Å². The molecule has 0 spiro atoms. The predicted molar refractivity (Wildman–Crippen MR) is 97.6 cm³/mol. The molecule has 5 nitrogen and oxygen atoms in total. The number of aromatic nitrogens is 1. The highest BCUT2D eigenvalue weighted by atomic mass is 32.2. The summed E-state index contributed by atoms with van der Waals surface area (Å²) in [5.41, 5.74) is 2.90. The van der Waals surface area contributed by atoms with Crippen LogP contribution in [0, 0.1) is 0 Å². The summed E-state index contributed by atoms with van der Waals surface area (Å²) in [6.45, 7) is 0.618. The Morgan fingerprint density at radius 3 is 2.48 bits per heavy atom. The molecule has 0 bridgehead atoms. The van der Waals surface area contributed by atoms with E-state index >= 15 is 0 Å². The van der Waals surface area contributed by atoms with Crippen LogP contribution >= 0.6 is 11.8 Å². The number of likely N-dealkylation sites (N-methyl/N-ethyl adjacent to an activating group) is 1. The molecule has 2 aromatic carbocycles. The van der Waals surface area contributed by atoms with Crippen LogP contribution < -0.4 is 0 Å². The van der Waals surface area contributed by atoms with Crippen LogP contribution in [0.1, 0.15) is 17.2 Å². The molecular formula is C19H16N2O3S. The number of aromatic hydroxyl groups is 1. The maximum absolute atomic E-state index is 12.3. The Kier molecular flexibility index (Phi) is 3.77. The second-order valence-electron chi connectivity index (χ2n) is 6.10. The van der Waals surface area contributed by atoms with Crippen LogP contribution in [0.2, 0.25) is 0 Å². The van der Waals surface area contributed by atoms with Gasteiger partial charge < -0.3 is 14.6 Å². The number of phenols is 1. The number of fused-ring (bicyclic) bond motifs is 1. The maximum Gasteiger partial charge on any atom is 0.289 e. The van der Waals surface area contributed by atoms with E-state index in [-0.39, 0.29) is 16.1 Å². The average Bonchev–Trinajstić information content (AvgIpc) is 3.07. The standard InChI is InChI=1S/C19H16N2O3S/c1-20-17(18(23)25-19(20)24)15-11-21(16-5-3-2-4-14(15)16)10-12-6-8-13(22)9-7-12/h2-9,11,17,22H,10H2,1H3. The zero-order valence-corrected chi connectivity index (χ0v) is 14.4. The van der Waals surface area contributed by atoms with Gasteiger partial charge in [-0.3, -0.25) is 9.59 Å². The van der Waals surface area contributed by atoms with Crippen molar-refractivity contribution in [2.75, 3.05) is 7.05 Å². The van der Waals surface area contributed by atoms with Gasteiger partial charge >= 0.3 is 0 Å². The van der Waals surface area contributed by atoms with E-state index < -0.39 is 6.04 Å². The molecule has 1 aromatic heterocycles. The number of carbonyl (C=O) groups excluding carboxylic acids is 2. The number of rotatable bonds is 3. The summed E-state index contributed by atoms with van der Waals surface area (Å²) < 4.78 is 2.08. The third-order valence-corrected chi connectivity index (χ3v) is 5.38. The summed E-state index contributed by atoms with van der Waals surface area (Å²) in [4.78, 5) is 25.7. The molecule has 2 heterocycles. The van der Waals surface area contributed by atoms with E-state index in [0.29, 0.717) is 6.54 Å². The van der Waals surface area contributed by atoms with Crippen molar-refractivity contribution < 1.29 is 14.7 Å². The highest BCUT2D eigenvalue weighted by Gasteiger charge is 2.39. The topological polar surface area (TPSA) is 62.5 Å². The molecule has 126 valence electrons. The molecular weight excluding hydrogens is 336 g/mol. The van der Waals surface area contributed by atoms with Gasteiger partial charge in [0.25, 0.3) is 5.24 Å². The van der Waals surface area contributed by atoms with E-state index in [1.165, 1.54) is 4.90 Å². The number of thioether (sulfide) groups is 1. The summed E-state index contributed by atoms with van der Waals surface area (Å²) in [5, 5.41) is 10.1. The number of nitrogens with zero attached hydrogens (tertiary/aromatic N) is 2. The predicted octanol–water partition coefficient (Wildman–Crippen LogP) is 3.76. The third-order valence-electron chi connectivity index (χ3n) is 4.49. The molecule has 1 fully saturated rings. The Morgan fingerprint density at radius 1 is 1.08 bits per heavy atom. The molecule has 0 aliphatic carbocycles. The molecule has 1 aliphatic heterocycles. The van der Waals surface area contributed by atoms with E-state index in [4.69, 9.17) is 0 Å². The number of hydrogen-bond acceptors (Lipinski definition) is 4. The largest absolute Gasteiger partial charge is 0.508 e. The van der Waals surface area contributed by atoms with Crippen LogP contribution in [-0.4, -0.2) is 32.0 Å². The van der Waals surface area contributed by atoms with Gasteiger partial charge in [0.05, 0.1) is 0 Å². The van der Waals surface area contributed by atoms with Gasteiger partial charge in [0.15, 0.2) is 0 Å². The molecule has 1 amide bonds. The van der Waals surface area contributed by atoms with Crippen molar-refractivity contribution in [2.45, 2.75) is 12.6 Å². The van der Waals surface area contributed by atoms with Gasteiger partial charge in [-0.1, -0.05) is 30.3 Å². The van der Waals surface area contributed by atoms with Crippen LogP contribution in [-0.2, 0) is 11.3 Å². The first-order valence-electron chi connectivity index (χ1n) is 7.89. The minimum atomic E-state index is -0.552. The number of amides is 1. The molecule has 1 saturated heterocycles. The molecule has 1 N–H and O–H groups in total. The normalized spacial score (nSPS) is 17.6. The summed E-state index contributed by atoms with van der Waals surface area (Å²) in [6, 6.07) is 14.4. The van der Waals surface area contributed by atoms with Crippen LogP contribution in [0.25, 0.3) is 10.9 Å². The van der Waals surface area contributed by atoms with Crippen molar-refractivity contribution in [3.8, 4) is 5.75 Å². The molecule has 1 aliphatic rings. The lowest BCUT2D eigenvalue weighted by atomic mass is 10.1. The van der Waals surface area contributed by atoms with Gasteiger partial charge in [-0.15, -0.1) is 0 Å². The van der Waals surface area contributed by atoms with Crippen LogP contribution in [0.15, 0.2) is 54.7 Å². The van der Waals surface area contributed by atoms with E-state index in [9.17, 15) is 14.7 Å². The van der Waals surface area contributed by atoms with E-state index in [1.54, 1.807) is 19.2 Å². The van der Waals surface area contributed by atoms with Crippen molar-refractivity contribution in [1.29, 1.82) is 0 Å². The Balaban J connectivity index is 1.80.